The summed E-state index contributed by atoms with van der Waals surface area (Å²) in [5, 5.41) is 0. The molecule has 0 aliphatic heterocycles. The molecule has 0 bridgehead atoms. The maximum absolute atomic E-state index is 12.9. The third-order valence-corrected chi connectivity index (χ3v) is 3.72. The van der Waals surface area contributed by atoms with E-state index in [0.29, 0.717) is 12.0 Å². The second kappa shape index (κ2) is 7.40. The van der Waals surface area contributed by atoms with Crippen LogP contribution in [0, 0.1) is 0 Å². The molecule has 0 aromatic carbocycles. The van der Waals surface area contributed by atoms with Crippen molar-refractivity contribution in [2.24, 2.45) is 0 Å². The fourth-order valence-corrected chi connectivity index (χ4v) is 2.54. The molecule has 4 heteroatoms. The summed E-state index contributed by atoms with van der Waals surface area (Å²) in [5.41, 5.74) is 2.38. The molecule has 0 aliphatic carbocycles. The molecule has 3 rings (SSSR count). The van der Waals surface area contributed by atoms with E-state index in [-0.39, 0.29) is 11.7 Å². The lowest BCUT2D eigenvalue weighted by atomic mass is 9.90. The van der Waals surface area contributed by atoms with Gasteiger partial charge in [-0.25, -0.2) is 0 Å². The third-order valence-electron chi connectivity index (χ3n) is 3.72. The van der Waals surface area contributed by atoms with Crippen LogP contribution in [0.25, 0.3) is 0 Å². The molecule has 3 aromatic heterocycles. The Labute approximate surface area is 135 Å². The monoisotopic (exact) mass is 303 g/mol. The van der Waals surface area contributed by atoms with E-state index in [4.69, 9.17) is 0 Å². The number of carbonyl (C=O) groups excluding carboxylic acids is 1. The van der Waals surface area contributed by atoms with Crippen molar-refractivity contribution in [2.75, 3.05) is 0 Å². The molecule has 23 heavy (non-hydrogen) atoms. The van der Waals surface area contributed by atoms with Crippen molar-refractivity contribution in [2.45, 2.75) is 18.8 Å². The molecular formula is C19H17N3O. The van der Waals surface area contributed by atoms with E-state index in [9.17, 15) is 4.79 Å². The van der Waals surface area contributed by atoms with Crippen LogP contribution in [0.4, 0.5) is 0 Å². The predicted octanol–water partition coefficient (Wildman–Crippen LogP) is 3.47. The number of aryl methyl sites for hydroxylation is 1. The average Bonchev–Trinajstić information content (AvgIpc) is 2.64. The molecule has 3 aromatic rings. The summed E-state index contributed by atoms with van der Waals surface area (Å²) in [5.74, 6) is -0.241. The van der Waals surface area contributed by atoms with E-state index >= 15 is 0 Å². The summed E-state index contributed by atoms with van der Waals surface area (Å²) in [4.78, 5) is 25.6. The molecule has 1 atom stereocenters. The van der Waals surface area contributed by atoms with Gasteiger partial charge in [0, 0.05) is 36.0 Å². The average molecular weight is 303 g/mol. The lowest BCUT2D eigenvalue weighted by Gasteiger charge is -2.15. The molecule has 0 amide bonds. The van der Waals surface area contributed by atoms with Crippen LogP contribution in [0.1, 0.15) is 34.1 Å². The smallest absolute Gasteiger partial charge is 0.173 e. The molecule has 0 radical (unpaired) electrons. The molecule has 0 aliphatic rings. The SMILES string of the molecule is O=C(c1cccnc1)[C@H](CCc1ccccn1)c1ccccn1. The third kappa shape index (κ3) is 3.86. The van der Waals surface area contributed by atoms with Crippen molar-refractivity contribution in [3.8, 4) is 0 Å². The number of Topliss-reactive ketones (excluding diaryl/α,β-unsaturated/α-hetero) is 1. The molecule has 0 fully saturated rings. The molecule has 0 N–H and O–H groups in total. The molecule has 3 heterocycles. The van der Waals surface area contributed by atoms with E-state index < -0.39 is 0 Å². The molecule has 0 spiro atoms. The first kappa shape index (κ1) is 15.0. The van der Waals surface area contributed by atoms with Crippen LogP contribution < -0.4 is 0 Å². The minimum Gasteiger partial charge on any atom is -0.293 e. The zero-order valence-electron chi connectivity index (χ0n) is 12.7. The van der Waals surface area contributed by atoms with Gasteiger partial charge in [0.2, 0.25) is 0 Å². The van der Waals surface area contributed by atoms with Gasteiger partial charge in [0.05, 0.1) is 11.6 Å². The van der Waals surface area contributed by atoms with E-state index in [1.165, 1.54) is 0 Å². The first-order chi connectivity index (χ1) is 11.3. The number of hydrogen-bond donors (Lipinski definition) is 0. The Morgan fingerprint density at radius 3 is 2.39 bits per heavy atom. The van der Waals surface area contributed by atoms with E-state index in [1.807, 2.05) is 36.4 Å². The maximum atomic E-state index is 12.9. The highest BCUT2D eigenvalue weighted by molar-refractivity contribution is 6.00. The zero-order valence-corrected chi connectivity index (χ0v) is 12.7. The van der Waals surface area contributed by atoms with Crippen LogP contribution in [0.2, 0.25) is 0 Å². The van der Waals surface area contributed by atoms with Crippen LogP contribution in [-0.4, -0.2) is 20.7 Å². The Bertz CT molecular complexity index is 745. The molecule has 4 nitrogen and oxygen atoms in total. The Morgan fingerprint density at radius 1 is 0.913 bits per heavy atom. The van der Waals surface area contributed by atoms with Gasteiger partial charge in [0.1, 0.15) is 0 Å². The van der Waals surface area contributed by atoms with E-state index in [0.717, 1.165) is 17.8 Å². The highest BCUT2D eigenvalue weighted by atomic mass is 16.1. The number of pyridine rings is 3. The van der Waals surface area contributed by atoms with Gasteiger partial charge in [0.15, 0.2) is 5.78 Å². The topological polar surface area (TPSA) is 55.7 Å². The predicted molar refractivity (Wildman–Crippen MR) is 88.1 cm³/mol. The standard InChI is InChI=1S/C19H17N3O/c23-19(15-6-5-11-20-14-15)17(18-8-2-4-13-22-18)10-9-16-7-1-3-12-21-16/h1-8,11-14,17H,9-10H2/t17-/m1/s1. The zero-order chi connectivity index (χ0) is 15.9. The number of ketones is 1. The highest BCUT2D eigenvalue weighted by Crippen LogP contribution is 2.24. The number of hydrogen-bond acceptors (Lipinski definition) is 4. The van der Waals surface area contributed by atoms with Gasteiger partial charge in [-0.05, 0) is 49.2 Å². The van der Waals surface area contributed by atoms with Gasteiger partial charge in [-0.2, -0.15) is 0 Å². The quantitative estimate of drug-likeness (QED) is 0.654. The van der Waals surface area contributed by atoms with E-state index in [2.05, 4.69) is 15.0 Å². The fraction of sp³-hybridized carbons (Fsp3) is 0.158. The summed E-state index contributed by atoms with van der Waals surface area (Å²) in [7, 11) is 0. The van der Waals surface area contributed by atoms with Crippen LogP contribution in [0.5, 0.6) is 0 Å². The van der Waals surface area contributed by atoms with Crippen molar-refractivity contribution in [3.05, 3.63) is 90.3 Å². The van der Waals surface area contributed by atoms with Gasteiger partial charge in [-0.15, -0.1) is 0 Å². The van der Waals surface area contributed by atoms with Crippen molar-refractivity contribution < 1.29 is 4.79 Å². The van der Waals surface area contributed by atoms with Crippen molar-refractivity contribution in [3.63, 3.8) is 0 Å². The second-order valence-corrected chi connectivity index (χ2v) is 5.27. The summed E-state index contributed by atoms with van der Waals surface area (Å²) in [6.45, 7) is 0. The number of carbonyl (C=O) groups is 1. The Hall–Kier alpha value is -2.88. The lowest BCUT2D eigenvalue weighted by molar-refractivity contribution is 0.0953. The van der Waals surface area contributed by atoms with Crippen LogP contribution in [-0.2, 0) is 6.42 Å². The van der Waals surface area contributed by atoms with Crippen molar-refractivity contribution in [1.29, 1.82) is 0 Å². The summed E-state index contributed by atoms with van der Waals surface area (Å²) < 4.78 is 0. The molecule has 0 saturated carbocycles. The van der Waals surface area contributed by atoms with Gasteiger partial charge in [0.25, 0.3) is 0 Å². The normalized spacial score (nSPS) is 11.8. The summed E-state index contributed by atoms with van der Waals surface area (Å²) >= 11 is 0. The minimum atomic E-state index is -0.289. The van der Waals surface area contributed by atoms with Crippen LogP contribution >= 0.6 is 0 Å². The molecule has 0 saturated heterocycles. The summed E-state index contributed by atoms with van der Waals surface area (Å²) in [6.07, 6.45) is 8.17. The lowest BCUT2D eigenvalue weighted by Crippen LogP contribution is -2.15. The Morgan fingerprint density at radius 2 is 1.74 bits per heavy atom. The molecule has 114 valence electrons. The molecule has 0 unspecified atom stereocenters. The largest absolute Gasteiger partial charge is 0.293 e. The van der Waals surface area contributed by atoms with Gasteiger partial charge in [-0.1, -0.05) is 12.1 Å². The van der Waals surface area contributed by atoms with Crippen molar-refractivity contribution >= 4 is 5.78 Å². The van der Waals surface area contributed by atoms with Gasteiger partial charge in [-0.3, -0.25) is 19.7 Å². The van der Waals surface area contributed by atoms with Gasteiger partial charge < -0.3 is 0 Å². The number of rotatable bonds is 6. The van der Waals surface area contributed by atoms with E-state index in [1.54, 1.807) is 36.9 Å². The maximum Gasteiger partial charge on any atom is 0.173 e. The number of aromatic nitrogens is 3. The van der Waals surface area contributed by atoms with Crippen LogP contribution in [0.15, 0.2) is 73.3 Å². The van der Waals surface area contributed by atoms with Gasteiger partial charge >= 0.3 is 0 Å². The summed E-state index contributed by atoms with van der Waals surface area (Å²) in [6, 6.07) is 15.1. The van der Waals surface area contributed by atoms with Crippen LogP contribution in [0.3, 0.4) is 0 Å². The first-order valence-corrected chi connectivity index (χ1v) is 7.59. The fourth-order valence-electron chi connectivity index (χ4n) is 2.54. The Kier molecular flexibility index (Phi) is 4.84. The van der Waals surface area contributed by atoms with Crippen molar-refractivity contribution in [1.82, 2.24) is 15.0 Å². The number of nitrogens with zero attached hydrogens (tertiary/aromatic N) is 3. The highest BCUT2D eigenvalue weighted by Gasteiger charge is 2.23. The Balaban J connectivity index is 1.84. The first-order valence-electron chi connectivity index (χ1n) is 7.59. The second-order valence-electron chi connectivity index (χ2n) is 5.27. The molecular weight excluding hydrogens is 286 g/mol. The minimum absolute atomic E-state index is 0.0488.